The van der Waals surface area contributed by atoms with Crippen molar-refractivity contribution >= 4 is 22.0 Å². The number of hydrogen-bond donors (Lipinski definition) is 1. The fourth-order valence-corrected chi connectivity index (χ4v) is 5.63. The SMILES string of the molecule is Nc1ccc(-c2cn3c4c(sc3n2)CC2CCCCC2C4)cc1. The molecule has 4 heteroatoms. The van der Waals surface area contributed by atoms with Crippen LogP contribution in [-0.2, 0) is 12.8 Å². The van der Waals surface area contributed by atoms with Crippen molar-refractivity contribution in [2.45, 2.75) is 38.5 Å². The second kappa shape index (κ2) is 5.10. The third kappa shape index (κ3) is 2.19. The lowest BCUT2D eigenvalue weighted by molar-refractivity contribution is 0.220. The minimum absolute atomic E-state index is 0.801. The zero-order chi connectivity index (χ0) is 15.4. The highest BCUT2D eigenvalue weighted by Crippen LogP contribution is 2.42. The van der Waals surface area contributed by atoms with Crippen LogP contribution in [0.1, 0.15) is 36.3 Å². The van der Waals surface area contributed by atoms with Crippen molar-refractivity contribution in [3.8, 4) is 11.3 Å². The third-order valence-electron chi connectivity index (χ3n) is 5.68. The first-order chi connectivity index (χ1) is 11.3. The molecule has 2 unspecified atom stereocenters. The first kappa shape index (κ1) is 13.6. The van der Waals surface area contributed by atoms with Crippen molar-refractivity contribution in [1.29, 1.82) is 0 Å². The van der Waals surface area contributed by atoms with E-state index in [0.29, 0.717) is 0 Å². The number of imidazole rings is 1. The van der Waals surface area contributed by atoms with E-state index in [1.54, 1.807) is 4.88 Å². The molecule has 0 aliphatic heterocycles. The Morgan fingerprint density at radius 2 is 1.78 bits per heavy atom. The molecule has 118 valence electrons. The van der Waals surface area contributed by atoms with E-state index >= 15 is 0 Å². The maximum absolute atomic E-state index is 5.79. The highest BCUT2D eigenvalue weighted by Gasteiger charge is 2.33. The molecule has 3 nitrogen and oxygen atoms in total. The van der Waals surface area contributed by atoms with Gasteiger partial charge in [-0.3, -0.25) is 4.40 Å². The van der Waals surface area contributed by atoms with Crippen LogP contribution in [0.5, 0.6) is 0 Å². The summed E-state index contributed by atoms with van der Waals surface area (Å²) in [6.07, 6.45) is 10.5. The largest absolute Gasteiger partial charge is 0.399 e. The van der Waals surface area contributed by atoms with Gasteiger partial charge >= 0.3 is 0 Å². The molecular formula is C19H21N3S. The van der Waals surface area contributed by atoms with Crippen LogP contribution in [0.4, 0.5) is 5.69 Å². The number of nitrogens with two attached hydrogens (primary N) is 1. The number of nitrogen functional groups attached to an aromatic ring is 1. The molecule has 2 aliphatic carbocycles. The molecular weight excluding hydrogens is 302 g/mol. The molecule has 2 aromatic heterocycles. The van der Waals surface area contributed by atoms with Gasteiger partial charge in [-0.2, -0.15) is 0 Å². The average molecular weight is 323 g/mol. The number of thiazole rings is 1. The van der Waals surface area contributed by atoms with Gasteiger partial charge < -0.3 is 5.73 Å². The number of fused-ring (bicyclic) bond motifs is 4. The van der Waals surface area contributed by atoms with Gasteiger partial charge in [0.05, 0.1) is 5.69 Å². The number of rotatable bonds is 1. The molecule has 0 amide bonds. The number of anilines is 1. The van der Waals surface area contributed by atoms with Gasteiger partial charge in [0.1, 0.15) is 0 Å². The molecule has 0 spiro atoms. The van der Waals surface area contributed by atoms with Gasteiger partial charge in [0.15, 0.2) is 4.96 Å². The van der Waals surface area contributed by atoms with E-state index in [1.807, 2.05) is 23.5 Å². The summed E-state index contributed by atoms with van der Waals surface area (Å²) in [5.41, 5.74) is 10.3. The van der Waals surface area contributed by atoms with Crippen LogP contribution < -0.4 is 5.73 Å². The van der Waals surface area contributed by atoms with E-state index < -0.39 is 0 Å². The van der Waals surface area contributed by atoms with Crippen molar-refractivity contribution in [2.24, 2.45) is 11.8 Å². The topological polar surface area (TPSA) is 43.3 Å². The van der Waals surface area contributed by atoms with Gasteiger partial charge in [0.25, 0.3) is 0 Å². The zero-order valence-electron chi connectivity index (χ0n) is 13.2. The predicted molar refractivity (Wildman–Crippen MR) is 95.8 cm³/mol. The van der Waals surface area contributed by atoms with Gasteiger partial charge in [-0.25, -0.2) is 4.98 Å². The Balaban J connectivity index is 1.55. The molecule has 2 N–H and O–H groups in total. The fourth-order valence-electron chi connectivity index (χ4n) is 4.41. The Kier molecular flexibility index (Phi) is 3.02. The second-order valence-electron chi connectivity index (χ2n) is 7.09. The Labute approximate surface area is 140 Å². The van der Waals surface area contributed by atoms with E-state index in [1.165, 1.54) is 44.2 Å². The quantitative estimate of drug-likeness (QED) is 0.668. The van der Waals surface area contributed by atoms with E-state index in [9.17, 15) is 0 Å². The lowest BCUT2D eigenvalue weighted by Crippen LogP contribution is -2.28. The maximum atomic E-state index is 5.79. The Morgan fingerprint density at radius 3 is 2.57 bits per heavy atom. The summed E-state index contributed by atoms with van der Waals surface area (Å²) in [6.45, 7) is 0. The summed E-state index contributed by atoms with van der Waals surface area (Å²) in [5.74, 6) is 1.83. The smallest absolute Gasteiger partial charge is 0.194 e. The van der Waals surface area contributed by atoms with E-state index in [2.05, 4.69) is 22.7 Å². The summed E-state index contributed by atoms with van der Waals surface area (Å²) in [5, 5.41) is 0. The molecule has 1 saturated carbocycles. The van der Waals surface area contributed by atoms with Crippen LogP contribution in [0, 0.1) is 11.8 Å². The molecule has 0 bridgehead atoms. The summed E-state index contributed by atoms with van der Waals surface area (Å²) in [4.78, 5) is 7.61. The van der Waals surface area contributed by atoms with E-state index in [0.717, 1.165) is 33.7 Å². The van der Waals surface area contributed by atoms with Crippen molar-refractivity contribution in [2.75, 3.05) is 5.73 Å². The number of aromatic nitrogens is 2. The summed E-state index contributed by atoms with van der Waals surface area (Å²) >= 11 is 1.90. The number of hydrogen-bond acceptors (Lipinski definition) is 3. The first-order valence-electron chi connectivity index (χ1n) is 8.63. The second-order valence-corrected chi connectivity index (χ2v) is 8.15. The average Bonchev–Trinajstić information content (AvgIpc) is 3.11. The highest BCUT2D eigenvalue weighted by molar-refractivity contribution is 7.17. The molecule has 3 aromatic rings. The summed E-state index contributed by atoms with van der Waals surface area (Å²) in [6, 6.07) is 8.02. The van der Waals surface area contributed by atoms with E-state index in [4.69, 9.17) is 10.7 Å². The fraction of sp³-hybridized carbons (Fsp3) is 0.421. The van der Waals surface area contributed by atoms with Crippen molar-refractivity contribution in [3.63, 3.8) is 0 Å². The molecule has 5 rings (SSSR count). The van der Waals surface area contributed by atoms with Crippen molar-refractivity contribution < 1.29 is 0 Å². The van der Waals surface area contributed by atoms with Crippen LogP contribution >= 0.6 is 11.3 Å². The number of benzene rings is 1. The van der Waals surface area contributed by atoms with Gasteiger partial charge in [0.2, 0.25) is 0 Å². The standard InChI is InChI=1S/C19H21N3S/c20-15-7-5-12(6-8-15)16-11-22-17-9-13-3-1-2-4-14(13)10-18(17)23-19(22)21-16/h5-8,11,13-14H,1-4,9-10,20H2. The minimum Gasteiger partial charge on any atom is -0.399 e. The van der Waals surface area contributed by atoms with Gasteiger partial charge in [-0.05, 0) is 49.7 Å². The molecule has 2 aliphatic rings. The van der Waals surface area contributed by atoms with Crippen LogP contribution in [0.2, 0.25) is 0 Å². The molecule has 2 atom stereocenters. The van der Waals surface area contributed by atoms with Gasteiger partial charge in [0, 0.05) is 28.0 Å². The minimum atomic E-state index is 0.801. The Bertz CT molecular complexity index is 859. The Morgan fingerprint density at radius 1 is 1.04 bits per heavy atom. The van der Waals surface area contributed by atoms with Crippen LogP contribution in [0.3, 0.4) is 0 Å². The van der Waals surface area contributed by atoms with Crippen LogP contribution in [0.15, 0.2) is 30.5 Å². The van der Waals surface area contributed by atoms with Crippen molar-refractivity contribution in [3.05, 3.63) is 41.0 Å². The summed E-state index contributed by atoms with van der Waals surface area (Å²) in [7, 11) is 0. The molecule has 23 heavy (non-hydrogen) atoms. The monoisotopic (exact) mass is 323 g/mol. The van der Waals surface area contributed by atoms with E-state index in [-0.39, 0.29) is 0 Å². The third-order valence-corrected chi connectivity index (χ3v) is 6.80. The first-order valence-corrected chi connectivity index (χ1v) is 9.45. The molecule has 0 radical (unpaired) electrons. The lowest BCUT2D eigenvalue weighted by Gasteiger charge is -2.35. The zero-order valence-corrected chi connectivity index (χ0v) is 14.0. The molecule has 1 aromatic carbocycles. The Hall–Kier alpha value is -1.81. The highest BCUT2D eigenvalue weighted by atomic mass is 32.1. The number of nitrogens with zero attached hydrogens (tertiary/aromatic N) is 2. The van der Waals surface area contributed by atoms with Crippen LogP contribution in [-0.4, -0.2) is 9.38 Å². The molecule has 1 fully saturated rings. The van der Waals surface area contributed by atoms with Crippen molar-refractivity contribution in [1.82, 2.24) is 9.38 Å². The lowest BCUT2D eigenvalue weighted by atomic mass is 9.72. The van der Waals surface area contributed by atoms with Gasteiger partial charge in [-0.1, -0.05) is 25.0 Å². The molecule has 0 saturated heterocycles. The predicted octanol–water partition coefficient (Wildman–Crippen LogP) is 4.55. The van der Waals surface area contributed by atoms with Crippen LogP contribution in [0.25, 0.3) is 16.2 Å². The summed E-state index contributed by atoms with van der Waals surface area (Å²) < 4.78 is 2.36. The molecule has 2 heterocycles. The normalized spacial score (nSPS) is 23.7. The van der Waals surface area contributed by atoms with Gasteiger partial charge in [-0.15, -0.1) is 11.3 Å². The maximum Gasteiger partial charge on any atom is 0.194 e.